The van der Waals surface area contributed by atoms with E-state index in [0.717, 1.165) is 19.3 Å². The third kappa shape index (κ3) is 3.24. The first kappa shape index (κ1) is 11.4. The first-order valence-electron chi connectivity index (χ1n) is 5.00. The van der Waals surface area contributed by atoms with Crippen LogP contribution >= 0.6 is 0 Å². The summed E-state index contributed by atoms with van der Waals surface area (Å²) in [6, 6.07) is 0. The summed E-state index contributed by atoms with van der Waals surface area (Å²) in [4.78, 5) is 11.4. The lowest BCUT2D eigenvalue weighted by Gasteiger charge is -2.34. The molecule has 1 heterocycles. The number of ketones is 1. The molecule has 0 unspecified atom stereocenters. The second-order valence-electron chi connectivity index (χ2n) is 3.98. The van der Waals surface area contributed by atoms with Gasteiger partial charge in [-0.2, -0.15) is 0 Å². The zero-order valence-corrected chi connectivity index (χ0v) is 8.91. The average molecular weight is 198 g/mol. The zero-order chi connectivity index (χ0) is 10.6. The van der Waals surface area contributed by atoms with Crippen molar-refractivity contribution in [2.75, 3.05) is 6.61 Å². The predicted molar refractivity (Wildman–Crippen MR) is 54.0 cm³/mol. The van der Waals surface area contributed by atoms with Crippen molar-refractivity contribution in [3.8, 4) is 0 Å². The summed E-state index contributed by atoms with van der Waals surface area (Å²) >= 11 is 0. The summed E-state index contributed by atoms with van der Waals surface area (Å²) in [5.74, 6) is -0.569. The lowest BCUT2D eigenvalue weighted by Crippen LogP contribution is -2.45. The number of hydrogen-bond acceptors (Lipinski definition) is 3. The Labute approximate surface area is 85.1 Å². The molecule has 0 aromatic heterocycles. The number of rotatable bonds is 4. The third-order valence-electron chi connectivity index (χ3n) is 2.22. The first-order valence-corrected chi connectivity index (χ1v) is 5.00. The van der Waals surface area contributed by atoms with Gasteiger partial charge in [-0.15, -0.1) is 6.58 Å². The van der Waals surface area contributed by atoms with Crippen molar-refractivity contribution in [1.82, 2.24) is 0 Å². The monoisotopic (exact) mass is 198 g/mol. The highest BCUT2D eigenvalue weighted by molar-refractivity contribution is 5.84. The second kappa shape index (κ2) is 4.71. The van der Waals surface area contributed by atoms with Crippen molar-refractivity contribution >= 4 is 5.78 Å². The van der Waals surface area contributed by atoms with Gasteiger partial charge in [-0.25, -0.2) is 0 Å². The fourth-order valence-corrected chi connectivity index (χ4v) is 1.45. The molecule has 0 saturated carbocycles. The molecule has 0 bridgehead atoms. The second-order valence-corrected chi connectivity index (χ2v) is 3.98. The standard InChI is InChI=1S/C11H18O3/c1-4-5-6-7-10-9(12)8-13-11(2,3)14-10/h4,10H,1,5-8H2,2-3H3/t10-/m0/s1. The molecule has 1 aliphatic heterocycles. The molecule has 1 aliphatic rings. The van der Waals surface area contributed by atoms with Crippen LogP contribution in [0.25, 0.3) is 0 Å². The van der Waals surface area contributed by atoms with E-state index in [2.05, 4.69) is 6.58 Å². The summed E-state index contributed by atoms with van der Waals surface area (Å²) in [5.41, 5.74) is 0. The third-order valence-corrected chi connectivity index (χ3v) is 2.22. The highest BCUT2D eigenvalue weighted by Gasteiger charge is 2.34. The van der Waals surface area contributed by atoms with E-state index in [1.165, 1.54) is 0 Å². The Morgan fingerprint density at radius 2 is 2.36 bits per heavy atom. The van der Waals surface area contributed by atoms with Crippen LogP contribution in [0.5, 0.6) is 0 Å². The average Bonchev–Trinajstić information content (AvgIpc) is 2.11. The van der Waals surface area contributed by atoms with E-state index >= 15 is 0 Å². The molecule has 0 radical (unpaired) electrons. The minimum atomic E-state index is -0.618. The molecule has 80 valence electrons. The fraction of sp³-hybridized carbons (Fsp3) is 0.727. The number of carbonyl (C=O) groups is 1. The Bertz CT molecular complexity index is 221. The highest BCUT2D eigenvalue weighted by atomic mass is 16.7. The maximum atomic E-state index is 11.4. The van der Waals surface area contributed by atoms with Gasteiger partial charge in [0.2, 0.25) is 0 Å². The van der Waals surface area contributed by atoms with Gasteiger partial charge in [0.05, 0.1) is 0 Å². The molecule has 1 fully saturated rings. The van der Waals surface area contributed by atoms with E-state index in [1.807, 2.05) is 19.9 Å². The fourth-order valence-electron chi connectivity index (χ4n) is 1.45. The van der Waals surface area contributed by atoms with Crippen LogP contribution < -0.4 is 0 Å². The molecule has 0 aromatic carbocycles. The number of allylic oxidation sites excluding steroid dienone is 1. The van der Waals surface area contributed by atoms with Gasteiger partial charge >= 0.3 is 0 Å². The molecule has 3 heteroatoms. The maximum Gasteiger partial charge on any atom is 0.187 e. The summed E-state index contributed by atoms with van der Waals surface area (Å²) in [6.07, 6.45) is 4.19. The number of ether oxygens (including phenoxy) is 2. The molecular formula is C11H18O3. The van der Waals surface area contributed by atoms with Crippen molar-refractivity contribution in [1.29, 1.82) is 0 Å². The molecule has 0 spiro atoms. The van der Waals surface area contributed by atoms with E-state index in [9.17, 15) is 4.79 Å². The van der Waals surface area contributed by atoms with Crippen LogP contribution in [0.2, 0.25) is 0 Å². The molecule has 0 aromatic rings. The SMILES string of the molecule is C=CCCC[C@@H]1OC(C)(C)OCC1=O. The summed E-state index contributed by atoms with van der Waals surface area (Å²) in [5, 5.41) is 0. The van der Waals surface area contributed by atoms with Crippen molar-refractivity contribution in [3.63, 3.8) is 0 Å². The van der Waals surface area contributed by atoms with E-state index in [-0.39, 0.29) is 18.5 Å². The van der Waals surface area contributed by atoms with Crippen LogP contribution in [-0.4, -0.2) is 24.3 Å². The number of Topliss-reactive ketones (excluding diaryl/α,β-unsaturated/α-hetero) is 1. The van der Waals surface area contributed by atoms with Gasteiger partial charge < -0.3 is 9.47 Å². The summed E-state index contributed by atoms with van der Waals surface area (Å²) in [6.45, 7) is 7.48. The smallest absolute Gasteiger partial charge is 0.187 e. The van der Waals surface area contributed by atoms with Gasteiger partial charge in [0.15, 0.2) is 11.6 Å². The van der Waals surface area contributed by atoms with Gasteiger partial charge in [-0.1, -0.05) is 6.08 Å². The van der Waals surface area contributed by atoms with E-state index in [1.54, 1.807) is 0 Å². The van der Waals surface area contributed by atoms with Gasteiger partial charge in [-0.3, -0.25) is 4.79 Å². The van der Waals surface area contributed by atoms with Crippen LogP contribution in [0.4, 0.5) is 0 Å². The highest BCUT2D eigenvalue weighted by Crippen LogP contribution is 2.22. The number of carbonyl (C=O) groups excluding carboxylic acids is 1. The van der Waals surface area contributed by atoms with Crippen molar-refractivity contribution < 1.29 is 14.3 Å². The number of hydrogen-bond donors (Lipinski definition) is 0. The van der Waals surface area contributed by atoms with Crippen molar-refractivity contribution in [3.05, 3.63) is 12.7 Å². The molecule has 0 aliphatic carbocycles. The van der Waals surface area contributed by atoms with Crippen LogP contribution in [-0.2, 0) is 14.3 Å². The van der Waals surface area contributed by atoms with Gasteiger partial charge in [-0.05, 0) is 33.1 Å². The predicted octanol–water partition coefficient (Wildman–Crippen LogP) is 2.06. The Hall–Kier alpha value is -0.670. The Balaban J connectivity index is 2.40. The van der Waals surface area contributed by atoms with E-state index in [4.69, 9.17) is 9.47 Å². The van der Waals surface area contributed by atoms with Crippen molar-refractivity contribution in [2.45, 2.75) is 45.0 Å². The minimum absolute atomic E-state index is 0.0494. The minimum Gasteiger partial charge on any atom is -0.343 e. The van der Waals surface area contributed by atoms with Crippen LogP contribution in [0.15, 0.2) is 12.7 Å². The van der Waals surface area contributed by atoms with Gasteiger partial charge in [0, 0.05) is 0 Å². The lowest BCUT2D eigenvalue weighted by atomic mass is 10.1. The van der Waals surface area contributed by atoms with Gasteiger partial charge in [0.25, 0.3) is 0 Å². The van der Waals surface area contributed by atoms with Gasteiger partial charge in [0.1, 0.15) is 12.7 Å². The molecular weight excluding hydrogens is 180 g/mol. The van der Waals surface area contributed by atoms with Crippen LogP contribution in [0, 0.1) is 0 Å². The first-order chi connectivity index (χ1) is 6.55. The topological polar surface area (TPSA) is 35.5 Å². The summed E-state index contributed by atoms with van der Waals surface area (Å²) in [7, 11) is 0. The summed E-state index contributed by atoms with van der Waals surface area (Å²) < 4.78 is 10.7. The molecule has 0 N–H and O–H groups in total. The number of unbranched alkanes of at least 4 members (excludes halogenated alkanes) is 1. The molecule has 0 amide bonds. The van der Waals surface area contributed by atoms with E-state index < -0.39 is 5.79 Å². The van der Waals surface area contributed by atoms with Crippen molar-refractivity contribution in [2.24, 2.45) is 0 Å². The molecule has 14 heavy (non-hydrogen) atoms. The quantitative estimate of drug-likeness (QED) is 0.512. The lowest BCUT2D eigenvalue weighted by molar-refractivity contribution is -0.259. The zero-order valence-electron chi connectivity index (χ0n) is 8.91. The van der Waals surface area contributed by atoms with Crippen LogP contribution in [0.3, 0.4) is 0 Å². The Morgan fingerprint density at radius 1 is 1.64 bits per heavy atom. The Morgan fingerprint density at radius 3 is 3.00 bits per heavy atom. The van der Waals surface area contributed by atoms with Crippen LogP contribution in [0.1, 0.15) is 33.1 Å². The normalized spacial score (nSPS) is 26.1. The molecule has 1 saturated heterocycles. The molecule has 3 nitrogen and oxygen atoms in total. The van der Waals surface area contributed by atoms with E-state index in [0.29, 0.717) is 0 Å². The molecule has 1 rings (SSSR count). The maximum absolute atomic E-state index is 11.4. The molecule has 1 atom stereocenters. The largest absolute Gasteiger partial charge is 0.343 e. The Kier molecular flexibility index (Phi) is 3.84.